The van der Waals surface area contributed by atoms with Crippen molar-refractivity contribution in [2.24, 2.45) is 0 Å². The molecule has 1 aromatic carbocycles. The van der Waals surface area contributed by atoms with Gasteiger partial charge in [0.05, 0.1) is 22.7 Å². The zero-order valence-electron chi connectivity index (χ0n) is 20.5. The number of H-pyrrole nitrogens is 1. The number of aromatic amines is 1. The predicted octanol–water partition coefficient (Wildman–Crippen LogP) is 3.83. The number of hydrogen-bond donors (Lipinski definition) is 3. The van der Waals surface area contributed by atoms with Crippen LogP contribution in [0.4, 0.5) is 15.9 Å². The number of benzene rings is 1. The van der Waals surface area contributed by atoms with Crippen molar-refractivity contribution in [3.63, 3.8) is 0 Å². The number of hydrazine groups is 2. The lowest BCUT2D eigenvalue weighted by atomic mass is 9.83. The molecule has 0 unspecified atom stereocenters. The van der Waals surface area contributed by atoms with Crippen LogP contribution in [0.5, 0.6) is 0 Å². The summed E-state index contributed by atoms with van der Waals surface area (Å²) in [6, 6.07) is 8.60. The Balaban J connectivity index is 0.00000294. The van der Waals surface area contributed by atoms with Gasteiger partial charge in [0.1, 0.15) is 0 Å². The van der Waals surface area contributed by atoms with E-state index in [2.05, 4.69) is 50.1 Å². The highest BCUT2D eigenvalue weighted by Gasteiger charge is 2.31. The molecule has 0 atom stereocenters. The molecule has 2 aliphatic heterocycles. The monoisotopic (exact) mass is 505 g/mol. The minimum atomic E-state index is -0.721. The van der Waals surface area contributed by atoms with E-state index in [4.69, 9.17) is 0 Å². The number of para-hydroxylation sites is 1. The fraction of sp³-hybridized carbons (Fsp3) is 0.370. The molecule has 10 heteroatoms. The summed E-state index contributed by atoms with van der Waals surface area (Å²) in [7, 11) is 0. The lowest BCUT2D eigenvalue weighted by Crippen LogP contribution is -2.51. The summed E-state index contributed by atoms with van der Waals surface area (Å²) in [6.07, 6.45) is 12.1. The Morgan fingerprint density at radius 3 is 2.59 bits per heavy atom. The van der Waals surface area contributed by atoms with Crippen LogP contribution >= 0.6 is 0 Å². The molecule has 3 aromatic rings. The smallest absolute Gasteiger partial charge is 0.295 e. The number of carbonyl (C=O) groups excluding carboxylic acids is 2. The quantitative estimate of drug-likeness (QED) is 0.358. The van der Waals surface area contributed by atoms with Crippen LogP contribution in [0.1, 0.15) is 55.4 Å². The van der Waals surface area contributed by atoms with Crippen molar-refractivity contribution in [2.45, 2.75) is 38.0 Å². The van der Waals surface area contributed by atoms with E-state index in [-0.39, 0.29) is 12.4 Å². The van der Waals surface area contributed by atoms with Crippen molar-refractivity contribution in [2.75, 3.05) is 36.1 Å². The maximum Gasteiger partial charge on any atom is 0.295 e. The van der Waals surface area contributed by atoms with Crippen LogP contribution in [0.15, 0.2) is 49.1 Å². The molecule has 37 heavy (non-hydrogen) atoms. The summed E-state index contributed by atoms with van der Waals surface area (Å²) >= 11 is 0. The largest absolute Gasteiger partial charge is 0.368 e. The van der Waals surface area contributed by atoms with E-state index in [0.29, 0.717) is 43.4 Å². The first-order valence-electron chi connectivity index (χ1n) is 12.9. The second-order valence-electron chi connectivity index (χ2n) is 9.83. The summed E-state index contributed by atoms with van der Waals surface area (Å²) in [4.78, 5) is 37.4. The molecule has 3 aliphatic rings. The summed E-state index contributed by atoms with van der Waals surface area (Å²) in [5.41, 5.74) is 8.63. The summed E-state index contributed by atoms with van der Waals surface area (Å²) < 4.78 is 14.8. The molecule has 4 heterocycles. The first-order valence-corrected chi connectivity index (χ1v) is 12.9. The molecule has 6 rings (SSSR count). The number of nitrogens with one attached hydrogen (secondary N) is 3. The van der Waals surface area contributed by atoms with Gasteiger partial charge in [0.15, 0.2) is 11.6 Å². The molecule has 0 radical (unpaired) electrons. The van der Waals surface area contributed by atoms with Gasteiger partial charge in [-0.1, -0.05) is 37.5 Å². The van der Waals surface area contributed by atoms with E-state index in [9.17, 15) is 14.0 Å². The van der Waals surface area contributed by atoms with E-state index >= 15 is 0 Å². The Hall–Kier alpha value is -3.92. The molecule has 1 aliphatic carbocycles. The molecular formula is C27H32FN7O2. The molecule has 3 N–H and O–H groups in total. The maximum absolute atomic E-state index is 14.8. The molecule has 0 spiro atoms. The van der Waals surface area contributed by atoms with Crippen molar-refractivity contribution in [1.82, 2.24) is 25.8 Å². The third-order valence-corrected chi connectivity index (χ3v) is 7.69. The molecule has 0 bridgehead atoms. The van der Waals surface area contributed by atoms with Gasteiger partial charge >= 0.3 is 0 Å². The SMILES string of the molecule is O=C(C(=O)N1CCN(c2ccccc2C2CCCCC2)CC1)c1c[nH]c2c(N3C=CNN3)ncc(F)c12.[HH]. The molecule has 9 nitrogen and oxygen atoms in total. The molecular weight excluding hydrogens is 473 g/mol. The molecule has 1 saturated heterocycles. The zero-order chi connectivity index (χ0) is 25.4. The van der Waals surface area contributed by atoms with Crippen molar-refractivity contribution >= 4 is 34.1 Å². The number of nitrogens with zero attached hydrogens (tertiary/aromatic N) is 4. The Morgan fingerprint density at radius 1 is 1.05 bits per heavy atom. The van der Waals surface area contributed by atoms with Crippen LogP contribution in [0.25, 0.3) is 10.9 Å². The average molecular weight is 506 g/mol. The molecule has 2 aromatic heterocycles. The van der Waals surface area contributed by atoms with Gasteiger partial charge < -0.3 is 20.2 Å². The van der Waals surface area contributed by atoms with Gasteiger partial charge in [-0.2, -0.15) is 0 Å². The van der Waals surface area contributed by atoms with Crippen LogP contribution in [-0.2, 0) is 4.79 Å². The standard InChI is InChI=1S/C27H30FN7O2.H2/c28-21-17-30-26(35-11-10-31-32-35)24-23(21)20(16-29-24)25(36)27(37)34-14-12-33(13-15-34)22-9-5-4-8-19(22)18-6-2-1-3-7-18;/h4-5,8-11,16-18,29,31-32H,1-3,6-7,12-15H2;1H. The van der Waals surface area contributed by atoms with Crippen LogP contribution < -0.4 is 20.9 Å². The molecule has 1 amide bonds. The van der Waals surface area contributed by atoms with Crippen molar-refractivity contribution < 1.29 is 15.4 Å². The lowest BCUT2D eigenvalue weighted by molar-refractivity contribution is -0.126. The minimum absolute atomic E-state index is 0. The summed E-state index contributed by atoms with van der Waals surface area (Å²) in [6.45, 7) is 2.18. The fourth-order valence-corrected chi connectivity index (χ4v) is 5.78. The van der Waals surface area contributed by atoms with Crippen molar-refractivity contribution in [3.8, 4) is 0 Å². The van der Waals surface area contributed by atoms with Crippen LogP contribution in [0.2, 0.25) is 0 Å². The van der Waals surface area contributed by atoms with E-state index < -0.39 is 17.5 Å². The Labute approximate surface area is 215 Å². The van der Waals surface area contributed by atoms with Crippen LogP contribution in [-0.4, -0.2) is 52.7 Å². The lowest BCUT2D eigenvalue weighted by Gasteiger charge is -2.38. The predicted molar refractivity (Wildman–Crippen MR) is 141 cm³/mol. The van der Waals surface area contributed by atoms with Gasteiger partial charge in [0.2, 0.25) is 0 Å². The highest BCUT2D eigenvalue weighted by Crippen LogP contribution is 2.38. The Morgan fingerprint density at radius 2 is 1.84 bits per heavy atom. The van der Waals surface area contributed by atoms with Gasteiger partial charge in [0, 0.05) is 51.9 Å². The fourth-order valence-electron chi connectivity index (χ4n) is 5.78. The molecule has 194 valence electrons. The number of ketones is 1. The number of carbonyl (C=O) groups is 2. The second kappa shape index (κ2) is 9.85. The number of amides is 1. The molecule has 1 saturated carbocycles. The number of aromatic nitrogens is 2. The summed E-state index contributed by atoms with van der Waals surface area (Å²) in [5.74, 6) is -1.02. The number of rotatable bonds is 5. The highest BCUT2D eigenvalue weighted by molar-refractivity contribution is 6.45. The number of anilines is 2. The highest BCUT2D eigenvalue weighted by atomic mass is 19.1. The van der Waals surface area contributed by atoms with Gasteiger partial charge in [-0.3, -0.25) is 9.59 Å². The number of Topliss-reactive ketones (excluding diaryl/α,β-unsaturated/α-hetero) is 1. The number of pyridine rings is 1. The van der Waals surface area contributed by atoms with Crippen LogP contribution in [0, 0.1) is 5.82 Å². The number of halogens is 1. The van der Waals surface area contributed by atoms with E-state index in [1.54, 1.807) is 22.3 Å². The zero-order valence-corrected chi connectivity index (χ0v) is 20.5. The van der Waals surface area contributed by atoms with E-state index in [1.807, 2.05) is 0 Å². The number of hydrogen-bond acceptors (Lipinski definition) is 7. The van der Waals surface area contributed by atoms with E-state index in [1.165, 1.54) is 49.6 Å². The second-order valence-corrected chi connectivity index (χ2v) is 9.83. The van der Waals surface area contributed by atoms with Gasteiger partial charge in [0.25, 0.3) is 11.7 Å². The third-order valence-electron chi connectivity index (χ3n) is 7.69. The van der Waals surface area contributed by atoms with Crippen molar-refractivity contribution in [1.29, 1.82) is 0 Å². The number of fused-ring (bicyclic) bond motifs is 1. The summed E-state index contributed by atoms with van der Waals surface area (Å²) in [5, 5.41) is 1.61. The van der Waals surface area contributed by atoms with Crippen molar-refractivity contribution in [3.05, 3.63) is 66.0 Å². The van der Waals surface area contributed by atoms with Gasteiger partial charge in [-0.15, -0.1) is 5.53 Å². The van der Waals surface area contributed by atoms with Gasteiger partial charge in [-0.05, 0) is 30.4 Å². The Kier molecular flexibility index (Phi) is 6.25. The van der Waals surface area contributed by atoms with Crippen LogP contribution in [0.3, 0.4) is 0 Å². The normalized spacial score (nSPS) is 18.5. The first-order chi connectivity index (χ1) is 18.1. The minimum Gasteiger partial charge on any atom is -0.368 e. The number of piperazine rings is 1. The topological polar surface area (TPSA) is 96.6 Å². The Bertz CT molecular complexity index is 1360. The van der Waals surface area contributed by atoms with E-state index in [0.717, 1.165) is 6.20 Å². The maximum atomic E-state index is 14.8. The van der Waals surface area contributed by atoms with Gasteiger partial charge in [-0.25, -0.2) is 14.4 Å². The third kappa shape index (κ3) is 4.31. The first kappa shape index (κ1) is 23.5. The average Bonchev–Trinajstić information content (AvgIpc) is 3.65. The molecule has 2 fully saturated rings.